The number of likely N-dealkylation sites (N-methyl/N-ethyl adjacent to an activating group) is 1. The third kappa shape index (κ3) is 5.86. The third-order valence-corrected chi connectivity index (χ3v) is 2.54. The van der Waals surface area contributed by atoms with Crippen LogP contribution in [0.1, 0.15) is 0 Å². The minimum absolute atomic E-state index is 0.412. The predicted octanol–water partition coefficient (Wildman–Crippen LogP) is 0.238. The highest BCUT2D eigenvalue weighted by atomic mass is 16.5. The largest absolute Gasteiger partial charge is 0.758 e. The molecule has 0 saturated carbocycles. The fourth-order valence-electron chi connectivity index (χ4n) is 1.49. The van der Waals surface area contributed by atoms with Crippen molar-refractivity contribution in [3.8, 4) is 0 Å². The summed E-state index contributed by atoms with van der Waals surface area (Å²) in [5, 5.41) is 30.5. The number of benzene rings is 1. The Bertz CT molecular complexity index is 362. The molecule has 0 atom stereocenters. The monoisotopic (exact) mass is 267 g/mol. The summed E-state index contributed by atoms with van der Waals surface area (Å²) >= 11 is 0. The average Bonchev–Trinajstić information content (AvgIpc) is 2.42. The standard InChI is InChI=1S/C12H21N5O2/c1-13-6-7-14-8-9-15-17(19)12-5-3-4-11(10-12)16(2)18/h3-5,10,13-15H,6-9H2,1-2H3/q-2. The van der Waals surface area contributed by atoms with Gasteiger partial charge in [0.15, 0.2) is 0 Å². The van der Waals surface area contributed by atoms with E-state index in [1.54, 1.807) is 24.3 Å². The maximum absolute atomic E-state index is 11.8. The van der Waals surface area contributed by atoms with Crippen molar-refractivity contribution in [3.63, 3.8) is 0 Å². The Morgan fingerprint density at radius 2 is 1.74 bits per heavy atom. The van der Waals surface area contributed by atoms with Gasteiger partial charge in [0.1, 0.15) is 0 Å². The van der Waals surface area contributed by atoms with Crippen LogP contribution in [-0.4, -0.2) is 40.3 Å². The van der Waals surface area contributed by atoms with Gasteiger partial charge in [-0.15, -0.1) is 0 Å². The smallest absolute Gasteiger partial charge is 0.0425 e. The summed E-state index contributed by atoms with van der Waals surface area (Å²) in [7, 11) is 3.28. The van der Waals surface area contributed by atoms with E-state index in [4.69, 9.17) is 0 Å². The lowest BCUT2D eigenvalue weighted by atomic mass is 10.3. The number of anilines is 2. The number of nitrogens with one attached hydrogen (secondary N) is 3. The quantitative estimate of drug-likeness (QED) is 0.436. The van der Waals surface area contributed by atoms with E-state index in [9.17, 15) is 10.4 Å². The molecule has 7 heteroatoms. The van der Waals surface area contributed by atoms with Gasteiger partial charge in [0.05, 0.1) is 0 Å². The lowest BCUT2D eigenvalue weighted by Gasteiger charge is -2.33. The van der Waals surface area contributed by atoms with E-state index in [0.29, 0.717) is 29.6 Å². The van der Waals surface area contributed by atoms with E-state index in [0.717, 1.165) is 18.2 Å². The van der Waals surface area contributed by atoms with Gasteiger partial charge in [-0.2, -0.15) is 0 Å². The van der Waals surface area contributed by atoms with Crippen molar-refractivity contribution in [1.29, 1.82) is 0 Å². The number of hydroxylamine groups is 1. The summed E-state index contributed by atoms with van der Waals surface area (Å²) < 4.78 is 0. The molecular formula is C12H21N5O2-2. The Labute approximate surface area is 113 Å². The highest BCUT2D eigenvalue weighted by molar-refractivity contribution is 5.59. The van der Waals surface area contributed by atoms with Gasteiger partial charge >= 0.3 is 0 Å². The summed E-state index contributed by atoms with van der Waals surface area (Å²) in [4.78, 5) is 0. The summed E-state index contributed by atoms with van der Waals surface area (Å²) in [6.45, 7) is 2.96. The van der Waals surface area contributed by atoms with Crippen molar-refractivity contribution in [2.24, 2.45) is 0 Å². The van der Waals surface area contributed by atoms with Crippen molar-refractivity contribution < 1.29 is 0 Å². The van der Waals surface area contributed by atoms with Gasteiger partial charge in [-0.25, -0.2) is 5.43 Å². The maximum Gasteiger partial charge on any atom is 0.0425 e. The highest BCUT2D eigenvalue weighted by Gasteiger charge is 1.97. The number of rotatable bonds is 9. The lowest BCUT2D eigenvalue weighted by molar-refractivity contribution is 0.602. The molecule has 0 aliphatic heterocycles. The van der Waals surface area contributed by atoms with Crippen molar-refractivity contribution in [2.75, 3.05) is 50.5 Å². The second kappa shape index (κ2) is 8.68. The molecule has 1 rings (SSSR count). The van der Waals surface area contributed by atoms with Crippen molar-refractivity contribution in [1.82, 2.24) is 16.1 Å². The first-order valence-corrected chi connectivity index (χ1v) is 6.22. The first-order chi connectivity index (χ1) is 9.15. The Morgan fingerprint density at radius 3 is 2.42 bits per heavy atom. The molecule has 0 radical (unpaired) electrons. The van der Waals surface area contributed by atoms with Gasteiger partial charge < -0.3 is 31.3 Å². The molecule has 0 bridgehead atoms. The molecule has 0 amide bonds. The van der Waals surface area contributed by atoms with Gasteiger partial charge in [0.25, 0.3) is 0 Å². The van der Waals surface area contributed by atoms with Gasteiger partial charge in [0, 0.05) is 37.6 Å². The minimum Gasteiger partial charge on any atom is -0.758 e. The molecule has 0 aromatic heterocycles. The number of hydrazine groups is 1. The summed E-state index contributed by atoms with van der Waals surface area (Å²) in [5.74, 6) is 0. The Kier molecular flexibility index (Phi) is 7.16. The summed E-state index contributed by atoms with van der Waals surface area (Å²) in [6, 6.07) is 6.53. The van der Waals surface area contributed by atoms with E-state index in [2.05, 4.69) is 16.1 Å². The molecule has 1 aromatic carbocycles. The zero-order valence-corrected chi connectivity index (χ0v) is 11.3. The zero-order chi connectivity index (χ0) is 14.1. The zero-order valence-electron chi connectivity index (χ0n) is 11.3. The highest BCUT2D eigenvalue weighted by Crippen LogP contribution is 2.19. The fourth-order valence-corrected chi connectivity index (χ4v) is 1.49. The van der Waals surface area contributed by atoms with E-state index >= 15 is 0 Å². The van der Waals surface area contributed by atoms with Crippen LogP contribution >= 0.6 is 0 Å². The normalized spacial score (nSPS) is 10.5. The van der Waals surface area contributed by atoms with E-state index in [-0.39, 0.29) is 0 Å². The molecule has 108 valence electrons. The number of hydrogen-bond acceptors (Lipinski definition) is 7. The molecule has 0 unspecified atom stereocenters. The van der Waals surface area contributed by atoms with E-state index < -0.39 is 0 Å². The molecule has 0 saturated heterocycles. The van der Waals surface area contributed by atoms with Crippen LogP contribution < -0.4 is 26.3 Å². The fraction of sp³-hybridized carbons (Fsp3) is 0.500. The second-order valence-corrected chi connectivity index (χ2v) is 4.07. The lowest BCUT2D eigenvalue weighted by Crippen LogP contribution is -2.39. The van der Waals surface area contributed by atoms with Crippen LogP contribution in [-0.2, 0) is 0 Å². The minimum atomic E-state index is 0.412. The van der Waals surface area contributed by atoms with Crippen molar-refractivity contribution >= 4 is 11.4 Å². The number of nitrogens with zero attached hydrogens (tertiary/aromatic N) is 2. The third-order valence-electron chi connectivity index (χ3n) is 2.54. The van der Waals surface area contributed by atoms with E-state index in [1.165, 1.54) is 7.05 Å². The van der Waals surface area contributed by atoms with Crippen LogP contribution in [0.2, 0.25) is 0 Å². The SMILES string of the molecule is CNCCNCCNN([O-])c1cccc(N(C)[O-])c1. The molecule has 19 heavy (non-hydrogen) atoms. The average molecular weight is 267 g/mol. The molecule has 3 N–H and O–H groups in total. The molecule has 7 nitrogen and oxygen atoms in total. The van der Waals surface area contributed by atoms with Crippen LogP contribution in [0.25, 0.3) is 0 Å². The van der Waals surface area contributed by atoms with Crippen molar-refractivity contribution in [2.45, 2.75) is 0 Å². The Morgan fingerprint density at radius 1 is 1.05 bits per heavy atom. The summed E-state index contributed by atoms with van der Waals surface area (Å²) in [6.07, 6.45) is 0. The van der Waals surface area contributed by atoms with Crippen LogP contribution in [0.4, 0.5) is 11.4 Å². The van der Waals surface area contributed by atoms with E-state index in [1.807, 2.05) is 7.05 Å². The Balaban J connectivity index is 2.32. The second-order valence-electron chi connectivity index (χ2n) is 4.07. The van der Waals surface area contributed by atoms with Crippen LogP contribution in [0.15, 0.2) is 24.3 Å². The van der Waals surface area contributed by atoms with Gasteiger partial charge in [-0.05, 0) is 32.3 Å². The number of hydrogen-bond donors (Lipinski definition) is 3. The first kappa shape index (κ1) is 15.7. The molecular weight excluding hydrogens is 246 g/mol. The molecule has 1 aromatic rings. The molecule has 0 aliphatic rings. The van der Waals surface area contributed by atoms with Crippen LogP contribution in [0.3, 0.4) is 0 Å². The predicted molar refractivity (Wildman–Crippen MR) is 78.9 cm³/mol. The summed E-state index contributed by atoms with van der Waals surface area (Å²) in [5.41, 5.74) is 3.58. The Hall–Kier alpha value is -1.38. The maximum atomic E-state index is 11.8. The topological polar surface area (TPSA) is 88.7 Å². The van der Waals surface area contributed by atoms with Gasteiger partial charge in [0.2, 0.25) is 0 Å². The molecule has 0 spiro atoms. The molecule has 0 heterocycles. The molecule has 0 fully saturated rings. The van der Waals surface area contributed by atoms with Crippen LogP contribution in [0, 0.1) is 10.4 Å². The van der Waals surface area contributed by atoms with Crippen LogP contribution in [0.5, 0.6) is 0 Å². The molecule has 0 aliphatic carbocycles. The van der Waals surface area contributed by atoms with Crippen molar-refractivity contribution in [3.05, 3.63) is 34.7 Å². The first-order valence-electron chi connectivity index (χ1n) is 6.22. The van der Waals surface area contributed by atoms with Gasteiger partial charge in [-0.3, -0.25) is 0 Å². The van der Waals surface area contributed by atoms with Gasteiger partial charge in [-0.1, -0.05) is 6.07 Å².